The van der Waals surface area contributed by atoms with E-state index in [0.717, 1.165) is 6.42 Å². The molecule has 3 N–H and O–H groups in total. The lowest BCUT2D eigenvalue weighted by atomic mass is 10.1. The lowest BCUT2D eigenvalue weighted by Crippen LogP contribution is -2.55. The molecule has 4 atom stereocenters. The number of likely N-dealkylation sites (tertiary alicyclic amines) is 2. The van der Waals surface area contributed by atoms with E-state index in [2.05, 4.69) is 11.7 Å². The zero-order chi connectivity index (χ0) is 17.1. The van der Waals surface area contributed by atoms with Gasteiger partial charge in [0.2, 0.25) is 11.8 Å². The van der Waals surface area contributed by atoms with Crippen LogP contribution in [0.2, 0.25) is 0 Å². The zero-order valence-corrected chi connectivity index (χ0v) is 13.4. The average molecular weight is 324 g/mol. The summed E-state index contributed by atoms with van der Waals surface area (Å²) in [4.78, 5) is 43.3. The Bertz CT molecular complexity index is 508. The topological polar surface area (TPSA) is 116 Å². The quantitative estimate of drug-likeness (QED) is 0.637. The summed E-state index contributed by atoms with van der Waals surface area (Å²) < 4.78 is 0. The van der Waals surface area contributed by atoms with E-state index in [-0.39, 0.29) is 5.91 Å². The summed E-state index contributed by atoms with van der Waals surface area (Å²) in [5.74, 6) is -1.08. The molecule has 2 saturated heterocycles. The first kappa shape index (κ1) is 17.6. The van der Waals surface area contributed by atoms with Gasteiger partial charge in [-0.25, -0.2) is 4.99 Å². The van der Waals surface area contributed by atoms with Crippen LogP contribution in [0, 0.1) is 0 Å². The predicted molar refractivity (Wildman–Crippen MR) is 83.7 cm³/mol. The van der Waals surface area contributed by atoms with Crippen LogP contribution in [0.25, 0.3) is 0 Å². The molecule has 0 aromatic carbocycles. The van der Waals surface area contributed by atoms with Gasteiger partial charge in [0.1, 0.15) is 18.1 Å². The minimum Gasteiger partial charge on any atom is -0.391 e. The molecule has 0 bridgehead atoms. The van der Waals surface area contributed by atoms with Crippen molar-refractivity contribution in [2.75, 3.05) is 13.1 Å². The third kappa shape index (κ3) is 3.42. The zero-order valence-electron chi connectivity index (χ0n) is 13.4. The molecule has 0 aliphatic carbocycles. The first-order valence-corrected chi connectivity index (χ1v) is 7.93. The van der Waals surface area contributed by atoms with Crippen molar-refractivity contribution >= 4 is 24.4 Å². The maximum atomic E-state index is 12.8. The molecule has 0 saturated carbocycles. The van der Waals surface area contributed by atoms with Gasteiger partial charge in [0, 0.05) is 13.1 Å². The molecule has 0 aromatic heterocycles. The molecule has 2 aliphatic heterocycles. The Labute approximate surface area is 135 Å². The summed E-state index contributed by atoms with van der Waals surface area (Å²) in [5.41, 5.74) is 5.71. The van der Waals surface area contributed by atoms with Crippen LogP contribution in [0.5, 0.6) is 0 Å². The molecule has 2 fully saturated rings. The SMILES string of the molecule is C=NC(=O)C1CCCN1C(=O)C1CCCN1C(=O)C(N)C(C)O. The minimum atomic E-state index is -1.05. The Morgan fingerprint density at radius 1 is 1.17 bits per heavy atom. The highest BCUT2D eigenvalue weighted by atomic mass is 16.3. The van der Waals surface area contributed by atoms with Crippen molar-refractivity contribution in [1.82, 2.24) is 9.80 Å². The number of carbonyl (C=O) groups excluding carboxylic acids is 3. The molecule has 23 heavy (non-hydrogen) atoms. The van der Waals surface area contributed by atoms with Crippen molar-refractivity contribution in [3.8, 4) is 0 Å². The molecule has 0 spiro atoms. The molecule has 0 aromatic rings. The van der Waals surface area contributed by atoms with E-state index in [1.165, 1.54) is 16.7 Å². The summed E-state index contributed by atoms with van der Waals surface area (Å²) in [5, 5.41) is 9.50. The molecule has 2 heterocycles. The normalized spacial score (nSPS) is 26.9. The lowest BCUT2D eigenvalue weighted by molar-refractivity contribution is -0.147. The summed E-state index contributed by atoms with van der Waals surface area (Å²) in [6, 6.07) is -2.25. The standard InChI is InChI=1S/C15H24N4O4/c1-9(20)12(16)15(23)19-8-4-6-11(19)14(22)18-7-3-5-10(18)13(21)17-2/h9-12,20H,2-8,16H2,1H3. The predicted octanol–water partition coefficient (Wildman–Crippen LogP) is -1.10. The van der Waals surface area contributed by atoms with Gasteiger partial charge in [-0.05, 0) is 39.3 Å². The van der Waals surface area contributed by atoms with Gasteiger partial charge in [0.25, 0.3) is 5.91 Å². The second-order valence-electron chi connectivity index (χ2n) is 6.14. The number of aliphatic hydroxyl groups excluding tert-OH is 1. The second kappa shape index (κ2) is 7.18. The molecule has 0 radical (unpaired) electrons. The lowest BCUT2D eigenvalue weighted by Gasteiger charge is -2.32. The maximum absolute atomic E-state index is 12.8. The molecule has 8 nitrogen and oxygen atoms in total. The van der Waals surface area contributed by atoms with Gasteiger partial charge in [-0.3, -0.25) is 14.4 Å². The Kier molecular flexibility index (Phi) is 5.48. The van der Waals surface area contributed by atoms with Crippen LogP contribution in [0.3, 0.4) is 0 Å². The van der Waals surface area contributed by atoms with Crippen LogP contribution in [0.15, 0.2) is 4.99 Å². The molecular weight excluding hydrogens is 300 g/mol. The third-order valence-corrected chi connectivity index (χ3v) is 4.60. The highest BCUT2D eigenvalue weighted by Gasteiger charge is 2.43. The van der Waals surface area contributed by atoms with E-state index in [1.54, 1.807) is 0 Å². The van der Waals surface area contributed by atoms with Crippen molar-refractivity contribution in [1.29, 1.82) is 0 Å². The number of aliphatic imine (C=N–C) groups is 1. The van der Waals surface area contributed by atoms with E-state index in [1.807, 2.05) is 0 Å². The van der Waals surface area contributed by atoms with E-state index >= 15 is 0 Å². The van der Waals surface area contributed by atoms with Crippen molar-refractivity contribution in [3.63, 3.8) is 0 Å². The van der Waals surface area contributed by atoms with Crippen LogP contribution in [0.1, 0.15) is 32.6 Å². The van der Waals surface area contributed by atoms with Crippen molar-refractivity contribution in [2.45, 2.75) is 56.8 Å². The van der Waals surface area contributed by atoms with Crippen molar-refractivity contribution in [2.24, 2.45) is 10.7 Å². The van der Waals surface area contributed by atoms with Gasteiger partial charge in [0.15, 0.2) is 0 Å². The third-order valence-electron chi connectivity index (χ3n) is 4.60. The Morgan fingerprint density at radius 2 is 1.74 bits per heavy atom. The minimum absolute atomic E-state index is 0.242. The van der Waals surface area contributed by atoms with E-state index < -0.39 is 36.0 Å². The first-order chi connectivity index (χ1) is 10.9. The smallest absolute Gasteiger partial charge is 0.267 e. The summed E-state index contributed by atoms with van der Waals surface area (Å²) in [6.07, 6.45) is 1.55. The number of rotatable bonds is 4. The fraction of sp³-hybridized carbons (Fsp3) is 0.733. The molecule has 4 unspecified atom stereocenters. The highest BCUT2D eigenvalue weighted by molar-refractivity contribution is 5.94. The van der Waals surface area contributed by atoms with E-state index in [0.29, 0.717) is 32.4 Å². The Hall–Kier alpha value is -1.80. The largest absolute Gasteiger partial charge is 0.391 e. The van der Waals surface area contributed by atoms with Crippen molar-refractivity contribution < 1.29 is 19.5 Å². The van der Waals surface area contributed by atoms with Crippen LogP contribution in [-0.2, 0) is 14.4 Å². The highest BCUT2D eigenvalue weighted by Crippen LogP contribution is 2.26. The van der Waals surface area contributed by atoms with Crippen LogP contribution < -0.4 is 5.73 Å². The Morgan fingerprint density at radius 3 is 2.30 bits per heavy atom. The summed E-state index contributed by atoms with van der Waals surface area (Å²) >= 11 is 0. The van der Waals surface area contributed by atoms with E-state index in [4.69, 9.17) is 5.73 Å². The second-order valence-corrected chi connectivity index (χ2v) is 6.14. The molecular formula is C15H24N4O4. The number of amides is 3. The summed E-state index contributed by atoms with van der Waals surface area (Å²) in [7, 11) is 0. The number of hydrogen-bond donors (Lipinski definition) is 2. The summed E-state index contributed by atoms with van der Waals surface area (Å²) in [6.45, 7) is 5.59. The van der Waals surface area contributed by atoms with Gasteiger partial charge < -0.3 is 20.6 Å². The molecule has 2 rings (SSSR count). The first-order valence-electron chi connectivity index (χ1n) is 7.93. The van der Waals surface area contributed by atoms with Crippen molar-refractivity contribution in [3.05, 3.63) is 0 Å². The molecule has 128 valence electrons. The van der Waals surface area contributed by atoms with Gasteiger partial charge in [-0.15, -0.1) is 0 Å². The number of nitrogens with zero attached hydrogens (tertiary/aromatic N) is 3. The molecule has 3 amide bonds. The maximum Gasteiger partial charge on any atom is 0.267 e. The van der Waals surface area contributed by atoms with Crippen LogP contribution >= 0.6 is 0 Å². The number of aliphatic hydroxyl groups is 1. The fourth-order valence-corrected chi connectivity index (χ4v) is 3.27. The van der Waals surface area contributed by atoms with Crippen LogP contribution in [0.4, 0.5) is 0 Å². The van der Waals surface area contributed by atoms with Gasteiger partial charge >= 0.3 is 0 Å². The molecule has 2 aliphatic rings. The van der Waals surface area contributed by atoms with Gasteiger partial charge in [-0.1, -0.05) is 0 Å². The number of hydrogen-bond acceptors (Lipinski definition) is 5. The number of nitrogens with two attached hydrogens (primary N) is 1. The molecule has 8 heteroatoms. The van der Waals surface area contributed by atoms with Gasteiger partial charge in [-0.2, -0.15) is 0 Å². The fourth-order valence-electron chi connectivity index (χ4n) is 3.27. The Balaban J connectivity index is 2.13. The average Bonchev–Trinajstić information content (AvgIpc) is 3.20. The monoisotopic (exact) mass is 324 g/mol. The van der Waals surface area contributed by atoms with Crippen LogP contribution in [-0.4, -0.2) is 76.7 Å². The van der Waals surface area contributed by atoms with Gasteiger partial charge in [0.05, 0.1) is 6.10 Å². The van der Waals surface area contributed by atoms with E-state index in [9.17, 15) is 19.5 Å². The number of carbonyl (C=O) groups is 3.